The molecule has 1 saturated heterocycles. The highest BCUT2D eigenvalue weighted by atomic mass is 15.1. The van der Waals surface area contributed by atoms with Gasteiger partial charge in [0.05, 0.1) is 0 Å². The highest BCUT2D eigenvalue weighted by Crippen LogP contribution is 2.23. The van der Waals surface area contributed by atoms with E-state index in [1.165, 1.54) is 38.9 Å². The summed E-state index contributed by atoms with van der Waals surface area (Å²) in [6.07, 6.45) is 4.12. The first kappa shape index (κ1) is 13.0. The molecule has 0 radical (unpaired) electrons. The summed E-state index contributed by atoms with van der Waals surface area (Å²) in [6.45, 7) is 11.6. The Morgan fingerprint density at radius 2 is 2.07 bits per heavy atom. The van der Waals surface area contributed by atoms with Crippen LogP contribution in [-0.2, 0) is 0 Å². The van der Waals surface area contributed by atoms with Crippen molar-refractivity contribution in [3.05, 3.63) is 0 Å². The summed E-state index contributed by atoms with van der Waals surface area (Å²) in [5.74, 6) is 2.40. The van der Waals surface area contributed by atoms with Gasteiger partial charge in [0.25, 0.3) is 0 Å². The maximum Gasteiger partial charge on any atom is 0.000988 e. The summed E-state index contributed by atoms with van der Waals surface area (Å²) in [6, 6.07) is 0. The lowest BCUT2D eigenvalue weighted by Crippen LogP contribution is -2.38. The van der Waals surface area contributed by atoms with Gasteiger partial charge in [-0.25, -0.2) is 0 Å². The first-order chi connectivity index (χ1) is 7.11. The molecule has 0 saturated carbocycles. The molecule has 2 unspecified atom stereocenters. The molecule has 2 nitrogen and oxygen atoms in total. The molecule has 2 heteroatoms. The lowest BCUT2D eigenvalue weighted by molar-refractivity contribution is 0.144. The van der Waals surface area contributed by atoms with Crippen LogP contribution in [0.2, 0.25) is 0 Å². The Morgan fingerprint density at radius 3 is 2.67 bits per heavy atom. The Hall–Kier alpha value is -0.0800. The quantitative estimate of drug-likeness (QED) is 0.758. The molecule has 2 atom stereocenters. The maximum absolute atomic E-state index is 5.69. The van der Waals surface area contributed by atoms with Gasteiger partial charge in [-0.3, -0.25) is 0 Å². The van der Waals surface area contributed by atoms with Crippen molar-refractivity contribution in [1.82, 2.24) is 4.90 Å². The van der Waals surface area contributed by atoms with E-state index in [0.29, 0.717) is 5.92 Å². The van der Waals surface area contributed by atoms with Crippen LogP contribution in [0.5, 0.6) is 0 Å². The molecule has 0 amide bonds. The van der Waals surface area contributed by atoms with Crippen molar-refractivity contribution in [3.8, 4) is 0 Å². The average Bonchev–Trinajstić information content (AvgIpc) is 2.17. The second-order valence-electron chi connectivity index (χ2n) is 5.74. The van der Waals surface area contributed by atoms with Gasteiger partial charge in [-0.1, -0.05) is 20.8 Å². The number of nitrogens with zero attached hydrogens (tertiary/aromatic N) is 1. The van der Waals surface area contributed by atoms with Crippen LogP contribution < -0.4 is 5.73 Å². The fraction of sp³-hybridized carbons (Fsp3) is 1.00. The summed E-state index contributed by atoms with van der Waals surface area (Å²) >= 11 is 0. The molecule has 0 aromatic carbocycles. The number of rotatable bonds is 5. The zero-order chi connectivity index (χ0) is 11.3. The van der Waals surface area contributed by atoms with Crippen LogP contribution in [0.3, 0.4) is 0 Å². The van der Waals surface area contributed by atoms with E-state index in [0.717, 1.165) is 18.4 Å². The summed E-state index contributed by atoms with van der Waals surface area (Å²) < 4.78 is 0. The molecule has 0 spiro atoms. The van der Waals surface area contributed by atoms with Gasteiger partial charge in [0.1, 0.15) is 0 Å². The predicted octanol–water partition coefficient (Wildman–Crippen LogP) is 2.34. The third-order valence-electron chi connectivity index (χ3n) is 3.36. The zero-order valence-electron chi connectivity index (χ0n) is 10.7. The van der Waals surface area contributed by atoms with Crippen LogP contribution in [0.4, 0.5) is 0 Å². The van der Waals surface area contributed by atoms with E-state index in [-0.39, 0.29) is 0 Å². The van der Waals surface area contributed by atoms with Crippen molar-refractivity contribution in [3.63, 3.8) is 0 Å². The Bertz CT molecular complexity index is 168. The average molecular weight is 212 g/mol. The molecular weight excluding hydrogens is 184 g/mol. The number of nitrogens with two attached hydrogens (primary N) is 1. The highest BCUT2D eigenvalue weighted by Gasteiger charge is 2.21. The van der Waals surface area contributed by atoms with Gasteiger partial charge in [0.2, 0.25) is 0 Å². The first-order valence-corrected chi connectivity index (χ1v) is 6.54. The van der Waals surface area contributed by atoms with Gasteiger partial charge >= 0.3 is 0 Å². The number of likely N-dealkylation sites (tertiary alicyclic amines) is 1. The van der Waals surface area contributed by atoms with Gasteiger partial charge in [0, 0.05) is 13.1 Å². The largest absolute Gasteiger partial charge is 0.330 e. The van der Waals surface area contributed by atoms with E-state index in [1.54, 1.807) is 0 Å². The molecule has 0 aliphatic carbocycles. The van der Waals surface area contributed by atoms with Crippen molar-refractivity contribution in [2.24, 2.45) is 23.5 Å². The fourth-order valence-electron chi connectivity index (χ4n) is 2.69. The lowest BCUT2D eigenvalue weighted by Gasteiger charge is -2.34. The molecule has 1 rings (SSSR count). The third-order valence-corrected chi connectivity index (χ3v) is 3.36. The standard InChI is InChI=1S/C13H28N2/c1-11(2)9-15-6-4-5-13(10-15)7-12(3)8-14/h11-13H,4-10,14H2,1-3H3. The van der Waals surface area contributed by atoms with Crippen LogP contribution in [-0.4, -0.2) is 31.1 Å². The van der Waals surface area contributed by atoms with Crippen LogP contribution in [0.1, 0.15) is 40.0 Å². The van der Waals surface area contributed by atoms with Crippen molar-refractivity contribution in [2.45, 2.75) is 40.0 Å². The summed E-state index contributed by atoms with van der Waals surface area (Å²) in [5, 5.41) is 0. The molecule has 15 heavy (non-hydrogen) atoms. The number of hydrogen-bond donors (Lipinski definition) is 1. The first-order valence-electron chi connectivity index (χ1n) is 6.54. The lowest BCUT2D eigenvalue weighted by atomic mass is 9.89. The van der Waals surface area contributed by atoms with E-state index in [4.69, 9.17) is 5.73 Å². The molecule has 1 fully saturated rings. The molecule has 1 heterocycles. The summed E-state index contributed by atoms with van der Waals surface area (Å²) in [7, 11) is 0. The van der Waals surface area contributed by atoms with Crippen molar-refractivity contribution < 1.29 is 0 Å². The topological polar surface area (TPSA) is 29.3 Å². The Morgan fingerprint density at radius 1 is 1.33 bits per heavy atom. The second kappa shape index (κ2) is 6.49. The minimum absolute atomic E-state index is 0.703. The molecule has 1 aliphatic rings. The van der Waals surface area contributed by atoms with Crippen molar-refractivity contribution in [1.29, 1.82) is 0 Å². The molecule has 0 bridgehead atoms. The second-order valence-corrected chi connectivity index (χ2v) is 5.74. The van der Waals surface area contributed by atoms with Crippen LogP contribution in [0.25, 0.3) is 0 Å². The van der Waals surface area contributed by atoms with Crippen LogP contribution in [0.15, 0.2) is 0 Å². The monoisotopic (exact) mass is 212 g/mol. The van der Waals surface area contributed by atoms with Gasteiger partial charge in [-0.05, 0) is 50.1 Å². The minimum atomic E-state index is 0.703. The number of hydrogen-bond acceptors (Lipinski definition) is 2. The van der Waals surface area contributed by atoms with E-state index >= 15 is 0 Å². The molecule has 2 N–H and O–H groups in total. The van der Waals surface area contributed by atoms with Crippen molar-refractivity contribution >= 4 is 0 Å². The normalized spacial score (nSPS) is 25.8. The number of piperidine rings is 1. The van der Waals surface area contributed by atoms with E-state index in [9.17, 15) is 0 Å². The minimum Gasteiger partial charge on any atom is -0.330 e. The molecule has 90 valence electrons. The van der Waals surface area contributed by atoms with Gasteiger partial charge in [-0.15, -0.1) is 0 Å². The summed E-state index contributed by atoms with van der Waals surface area (Å²) in [5.41, 5.74) is 5.69. The summed E-state index contributed by atoms with van der Waals surface area (Å²) in [4.78, 5) is 2.64. The predicted molar refractivity (Wildman–Crippen MR) is 66.8 cm³/mol. The van der Waals surface area contributed by atoms with Crippen LogP contribution in [0, 0.1) is 17.8 Å². The Kier molecular flexibility index (Phi) is 5.62. The SMILES string of the molecule is CC(C)CN1CCCC(CC(C)CN)C1. The van der Waals surface area contributed by atoms with Crippen LogP contribution >= 0.6 is 0 Å². The zero-order valence-corrected chi connectivity index (χ0v) is 10.7. The van der Waals surface area contributed by atoms with Gasteiger partial charge in [-0.2, -0.15) is 0 Å². The van der Waals surface area contributed by atoms with Gasteiger partial charge in [0.15, 0.2) is 0 Å². The van der Waals surface area contributed by atoms with Crippen molar-refractivity contribution in [2.75, 3.05) is 26.2 Å². The highest BCUT2D eigenvalue weighted by molar-refractivity contribution is 4.75. The smallest absolute Gasteiger partial charge is 0.000988 e. The Balaban J connectivity index is 2.28. The molecule has 0 aromatic heterocycles. The Labute approximate surface area is 95.2 Å². The third kappa shape index (κ3) is 4.98. The maximum atomic E-state index is 5.69. The fourth-order valence-corrected chi connectivity index (χ4v) is 2.69. The van der Waals surface area contributed by atoms with E-state index in [2.05, 4.69) is 25.7 Å². The van der Waals surface area contributed by atoms with E-state index < -0.39 is 0 Å². The molecule has 1 aliphatic heterocycles. The van der Waals surface area contributed by atoms with E-state index in [1.807, 2.05) is 0 Å². The molecule has 0 aromatic rings. The van der Waals surface area contributed by atoms with Gasteiger partial charge < -0.3 is 10.6 Å². The molecular formula is C13H28N2.